The van der Waals surface area contributed by atoms with Crippen LogP contribution >= 0.6 is 0 Å². The van der Waals surface area contributed by atoms with Gasteiger partial charge in [-0.05, 0) is 36.6 Å². The van der Waals surface area contributed by atoms with Gasteiger partial charge < -0.3 is 4.90 Å². The quantitative estimate of drug-likeness (QED) is 0.318. The van der Waals surface area contributed by atoms with Crippen LogP contribution in [0.5, 0.6) is 0 Å². The fraction of sp³-hybridized carbons (Fsp3) is 0.414. The molecule has 0 aromatic heterocycles. The van der Waals surface area contributed by atoms with Crippen LogP contribution in [0.15, 0.2) is 60.2 Å². The number of amides is 1. The molecule has 0 fully saturated rings. The van der Waals surface area contributed by atoms with E-state index in [-0.39, 0.29) is 11.5 Å². The molecule has 0 aliphatic carbocycles. The van der Waals surface area contributed by atoms with E-state index in [1.165, 1.54) is 11.6 Å². The summed E-state index contributed by atoms with van der Waals surface area (Å²) in [5.41, 5.74) is 2.64. The van der Waals surface area contributed by atoms with Crippen molar-refractivity contribution >= 4 is 5.91 Å². The fourth-order valence-corrected chi connectivity index (χ4v) is 3.09. The number of likely N-dealkylation sites (N-methyl/N-ethyl adjacent to an activating group) is 1. The molecule has 4 heteroatoms. The van der Waals surface area contributed by atoms with E-state index in [1.807, 2.05) is 58.9 Å². The number of hydrogen-bond acceptors (Lipinski definition) is 1. The molecule has 0 unspecified atom stereocenters. The van der Waals surface area contributed by atoms with Crippen LogP contribution in [-0.2, 0) is 10.7 Å². The number of halogens is 2. The second kappa shape index (κ2) is 15.8. The van der Waals surface area contributed by atoms with Crippen molar-refractivity contribution in [3.63, 3.8) is 0 Å². The van der Waals surface area contributed by atoms with Gasteiger partial charge in [-0.1, -0.05) is 95.0 Å². The van der Waals surface area contributed by atoms with Gasteiger partial charge in [-0.25, -0.2) is 8.78 Å². The summed E-state index contributed by atoms with van der Waals surface area (Å²) >= 11 is 0. The fourth-order valence-electron chi connectivity index (χ4n) is 3.09. The molecule has 0 heterocycles. The molecule has 2 aromatic carbocycles. The molecule has 0 saturated heterocycles. The molecule has 0 N–H and O–H groups in total. The monoisotopic (exact) mass is 455 g/mol. The predicted octanol–water partition coefficient (Wildman–Crippen LogP) is 8.07. The number of carbonyl (C=O) groups excluding carboxylic acids is 1. The van der Waals surface area contributed by atoms with Crippen LogP contribution in [0.4, 0.5) is 8.78 Å². The Morgan fingerprint density at radius 1 is 1.06 bits per heavy atom. The summed E-state index contributed by atoms with van der Waals surface area (Å²) in [6, 6.07) is 13.7. The minimum absolute atomic E-state index is 0.101. The van der Waals surface area contributed by atoms with Crippen LogP contribution in [0.1, 0.15) is 72.4 Å². The van der Waals surface area contributed by atoms with Gasteiger partial charge in [0.25, 0.3) is 11.8 Å². The Balaban J connectivity index is 0.00000242. The first kappa shape index (κ1) is 30.1. The third kappa shape index (κ3) is 10.0. The molecule has 0 atom stereocenters. The van der Waals surface area contributed by atoms with E-state index in [1.54, 1.807) is 36.2 Å². The minimum atomic E-state index is -3.02. The first-order valence-corrected chi connectivity index (χ1v) is 11.7. The van der Waals surface area contributed by atoms with Gasteiger partial charge in [0.15, 0.2) is 0 Å². The largest absolute Gasteiger partial charge is 0.331 e. The molecular formula is C29H39F2NO. The van der Waals surface area contributed by atoms with Crippen LogP contribution in [0, 0.1) is 11.8 Å². The molecule has 0 spiro atoms. The first-order valence-electron chi connectivity index (χ1n) is 11.7. The van der Waals surface area contributed by atoms with Crippen LogP contribution in [-0.4, -0.2) is 24.4 Å². The summed E-state index contributed by atoms with van der Waals surface area (Å²) in [5.74, 6) is 1.96. The third-order valence-electron chi connectivity index (χ3n) is 4.66. The van der Waals surface area contributed by atoms with Gasteiger partial charge in [-0.2, -0.15) is 0 Å². The zero-order valence-corrected chi connectivity index (χ0v) is 21.4. The second-order valence-electron chi connectivity index (χ2n) is 7.12. The van der Waals surface area contributed by atoms with Gasteiger partial charge in [0.2, 0.25) is 0 Å². The van der Waals surface area contributed by atoms with E-state index in [4.69, 9.17) is 0 Å². The van der Waals surface area contributed by atoms with Gasteiger partial charge in [0, 0.05) is 37.6 Å². The Bertz CT molecular complexity index is 932. The van der Waals surface area contributed by atoms with Gasteiger partial charge in [0.1, 0.15) is 0 Å². The average Bonchev–Trinajstić information content (AvgIpc) is 2.84. The maximum absolute atomic E-state index is 14.2. The van der Waals surface area contributed by atoms with Crippen LogP contribution < -0.4 is 0 Å². The van der Waals surface area contributed by atoms with Crippen molar-refractivity contribution in [3.05, 3.63) is 71.3 Å². The van der Waals surface area contributed by atoms with E-state index in [0.29, 0.717) is 23.2 Å². The van der Waals surface area contributed by atoms with Crippen molar-refractivity contribution in [2.75, 3.05) is 13.6 Å². The molecule has 0 aliphatic rings. The van der Waals surface area contributed by atoms with Crippen molar-refractivity contribution in [1.82, 2.24) is 4.90 Å². The number of carbonyl (C=O) groups is 1. The highest BCUT2D eigenvalue weighted by molar-refractivity contribution is 5.94. The summed E-state index contributed by atoms with van der Waals surface area (Å²) in [4.78, 5) is 13.9. The van der Waals surface area contributed by atoms with Crippen molar-refractivity contribution in [2.45, 2.75) is 67.2 Å². The highest BCUT2D eigenvalue weighted by Crippen LogP contribution is 2.36. The lowest BCUT2D eigenvalue weighted by Gasteiger charge is -2.17. The van der Waals surface area contributed by atoms with E-state index in [0.717, 1.165) is 19.8 Å². The number of allylic oxidation sites excluding steroid dienone is 1. The Labute approximate surface area is 199 Å². The van der Waals surface area contributed by atoms with Gasteiger partial charge in [-0.3, -0.25) is 4.79 Å². The molecule has 0 aliphatic heterocycles. The summed E-state index contributed by atoms with van der Waals surface area (Å²) in [6.45, 7) is 13.4. The van der Waals surface area contributed by atoms with Crippen LogP contribution in [0.3, 0.4) is 0 Å². The first-order chi connectivity index (χ1) is 15.8. The van der Waals surface area contributed by atoms with Crippen molar-refractivity contribution in [1.29, 1.82) is 0 Å². The van der Waals surface area contributed by atoms with Gasteiger partial charge >= 0.3 is 0 Å². The Morgan fingerprint density at radius 3 is 2.18 bits per heavy atom. The van der Waals surface area contributed by atoms with E-state index in [9.17, 15) is 13.6 Å². The average molecular weight is 456 g/mol. The Morgan fingerprint density at radius 2 is 1.67 bits per heavy atom. The number of benzene rings is 2. The van der Waals surface area contributed by atoms with Crippen molar-refractivity contribution < 1.29 is 13.6 Å². The van der Waals surface area contributed by atoms with Crippen LogP contribution in [0.2, 0.25) is 0 Å². The van der Waals surface area contributed by atoms with Gasteiger partial charge in [0.05, 0.1) is 0 Å². The SMILES string of the molecule is C/C=C(\CCC)CN(C)C(=O)C#Cc1ccc(-c2ccccc2)c(C(C)(F)F)c1.CC.CC. The molecule has 180 valence electrons. The van der Waals surface area contributed by atoms with E-state index >= 15 is 0 Å². The normalized spacial score (nSPS) is 10.5. The lowest BCUT2D eigenvalue weighted by molar-refractivity contribution is -0.123. The maximum atomic E-state index is 14.2. The topological polar surface area (TPSA) is 20.3 Å². The van der Waals surface area contributed by atoms with E-state index in [2.05, 4.69) is 18.8 Å². The Kier molecular flexibility index (Phi) is 14.4. The van der Waals surface area contributed by atoms with Crippen molar-refractivity contribution in [2.24, 2.45) is 0 Å². The Hall–Kier alpha value is -2.93. The smallest absolute Gasteiger partial charge is 0.298 e. The lowest BCUT2D eigenvalue weighted by Crippen LogP contribution is -2.27. The number of rotatable bonds is 6. The minimum Gasteiger partial charge on any atom is -0.331 e. The summed E-state index contributed by atoms with van der Waals surface area (Å²) in [7, 11) is 1.69. The standard InChI is InChI=1S/C25H27F2NO.2C2H6/c1-5-10-19(6-2)18-28(4)24(29)16-14-20-13-15-22(21-11-8-7-9-12-21)23(17-20)25(3,26)27;2*1-2/h6-9,11-13,15,17H,5,10,18H2,1-4H3;2*1-2H3/b19-6+;;. The van der Waals surface area contributed by atoms with E-state index < -0.39 is 5.92 Å². The number of hydrogen-bond donors (Lipinski definition) is 0. The van der Waals surface area contributed by atoms with Crippen LogP contribution in [0.25, 0.3) is 11.1 Å². The number of nitrogens with zero attached hydrogens (tertiary/aromatic N) is 1. The summed E-state index contributed by atoms with van der Waals surface area (Å²) < 4.78 is 28.5. The molecule has 2 aromatic rings. The zero-order valence-electron chi connectivity index (χ0n) is 21.4. The summed E-state index contributed by atoms with van der Waals surface area (Å²) in [5, 5.41) is 0. The molecule has 2 nitrogen and oxygen atoms in total. The molecular weight excluding hydrogens is 416 g/mol. The lowest BCUT2D eigenvalue weighted by atomic mass is 9.94. The highest BCUT2D eigenvalue weighted by atomic mass is 19.3. The number of alkyl halides is 2. The molecule has 0 bridgehead atoms. The molecule has 2 rings (SSSR count). The molecule has 1 amide bonds. The summed E-state index contributed by atoms with van der Waals surface area (Å²) in [6.07, 6.45) is 3.95. The second-order valence-corrected chi connectivity index (χ2v) is 7.12. The highest BCUT2D eigenvalue weighted by Gasteiger charge is 2.28. The molecule has 33 heavy (non-hydrogen) atoms. The maximum Gasteiger partial charge on any atom is 0.298 e. The predicted molar refractivity (Wildman–Crippen MR) is 137 cm³/mol. The van der Waals surface area contributed by atoms with Crippen molar-refractivity contribution in [3.8, 4) is 23.0 Å². The third-order valence-corrected chi connectivity index (χ3v) is 4.66. The molecule has 0 saturated carbocycles. The zero-order chi connectivity index (χ0) is 25.4. The van der Waals surface area contributed by atoms with Gasteiger partial charge in [-0.15, -0.1) is 0 Å². The molecule has 0 radical (unpaired) electrons.